The van der Waals surface area contributed by atoms with Crippen LogP contribution < -0.4 is 5.32 Å². The van der Waals surface area contributed by atoms with Crippen molar-refractivity contribution < 1.29 is 23.1 Å². The van der Waals surface area contributed by atoms with Gasteiger partial charge in [-0.05, 0) is 81.7 Å². The molecule has 2 aromatic rings. The quantitative estimate of drug-likeness (QED) is 0.543. The second-order valence-corrected chi connectivity index (χ2v) is 12.6. The molecule has 0 spiro atoms. The Morgan fingerprint density at radius 3 is 2.55 bits per heavy atom. The average molecular weight is 554 g/mol. The van der Waals surface area contributed by atoms with Crippen molar-refractivity contribution >= 4 is 11.9 Å². The van der Waals surface area contributed by atoms with Crippen LogP contribution in [0.3, 0.4) is 0 Å². The number of rotatable bonds is 6. The highest BCUT2D eigenvalue weighted by Gasteiger charge is 2.42. The number of hydrogen-bond acceptors (Lipinski definition) is 5. The van der Waals surface area contributed by atoms with Crippen molar-refractivity contribution in [2.45, 2.75) is 77.0 Å². The van der Waals surface area contributed by atoms with Gasteiger partial charge in [-0.1, -0.05) is 24.3 Å². The highest BCUT2D eigenvalue weighted by molar-refractivity contribution is 5.81. The SMILES string of the molecule is C[C@H]1CN([C@@H](Cc2ccc3c(c2)CCC3)C(=O)OC(C)(C)C)CCN1C(=O)[C@@H]1CNC[C@H]1c1ccc(F)cc1F. The van der Waals surface area contributed by atoms with Gasteiger partial charge >= 0.3 is 5.97 Å². The molecule has 0 bridgehead atoms. The maximum Gasteiger partial charge on any atom is 0.324 e. The molecular formula is C32H41F2N3O3. The van der Waals surface area contributed by atoms with Crippen LogP contribution in [0.25, 0.3) is 0 Å². The lowest BCUT2D eigenvalue weighted by Crippen LogP contribution is -2.60. The van der Waals surface area contributed by atoms with E-state index >= 15 is 0 Å². The summed E-state index contributed by atoms with van der Waals surface area (Å²) < 4.78 is 34.0. The molecule has 8 heteroatoms. The number of benzene rings is 2. The highest BCUT2D eigenvalue weighted by Crippen LogP contribution is 2.33. The molecule has 0 unspecified atom stereocenters. The van der Waals surface area contributed by atoms with E-state index in [1.165, 1.54) is 29.7 Å². The zero-order valence-corrected chi connectivity index (χ0v) is 24.0. The van der Waals surface area contributed by atoms with Crippen molar-refractivity contribution in [3.05, 3.63) is 70.3 Å². The number of piperazine rings is 1. The molecule has 0 saturated carbocycles. The molecular weight excluding hydrogens is 512 g/mol. The summed E-state index contributed by atoms with van der Waals surface area (Å²) in [5.74, 6) is -2.30. The molecule has 40 heavy (non-hydrogen) atoms. The number of nitrogens with zero attached hydrogens (tertiary/aromatic N) is 2. The van der Waals surface area contributed by atoms with E-state index in [0.29, 0.717) is 44.7 Å². The van der Waals surface area contributed by atoms with Crippen LogP contribution in [0.2, 0.25) is 0 Å². The van der Waals surface area contributed by atoms with E-state index in [-0.39, 0.29) is 23.8 Å². The predicted molar refractivity (Wildman–Crippen MR) is 150 cm³/mol. The summed E-state index contributed by atoms with van der Waals surface area (Å²) in [7, 11) is 0. The molecule has 3 aliphatic rings. The second-order valence-electron chi connectivity index (χ2n) is 12.6. The fourth-order valence-corrected chi connectivity index (χ4v) is 6.58. The Kier molecular flexibility index (Phi) is 8.30. The Morgan fingerprint density at radius 2 is 1.82 bits per heavy atom. The fourth-order valence-electron chi connectivity index (χ4n) is 6.58. The van der Waals surface area contributed by atoms with Gasteiger partial charge in [-0.2, -0.15) is 0 Å². The molecule has 2 heterocycles. The van der Waals surface area contributed by atoms with Crippen LogP contribution in [0.4, 0.5) is 8.78 Å². The van der Waals surface area contributed by atoms with Gasteiger partial charge in [-0.25, -0.2) is 8.78 Å². The van der Waals surface area contributed by atoms with Crippen molar-refractivity contribution in [2.24, 2.45) is 5.92 Å². The lowest BCUT2D eigenvalue weighted by molar-refractivity contribution is -0.163. The Balaban J connectivity index is 1.30. The topological polar surface area (TPSA) is 61.9 Å². The maximum absolute atomic E-state index is 14.6. The zero-order valence-electron chi connectivity index (χ0n) is 24.0. The summed E-state index contributed by atoms with van der Waals surface area (Å²) in [4.78, 5) is 31.2. The van der Waals surface area contributed by atoms with Gasteiger partial charge in [0, 0.05) is 50.7 Å². The summed E-state index contributed by atoms with van der Waals surface area (Å²) in [6.07, 6.45) is 3.93. The molecule has 1 N–H and O–H groups in total. The van der Waals surface area contributed by atoms with Crippen molar-refractivity contribution in [3.63, 3.8) is 0 Å². The van der Waals surface area contributed by atoms with Crippen molar-refractivity contribution in [1.82, 2.24) is 15.1 Å². The molecule has 216 valence electrons. The summed E-state index contributed by atoms with van der Waals surface area (Å²) in [5, 5.41) is 3.23. The Hall–Kier alpha value is -2.84. The average Bonchev–Trinajstić information content (AvgIpc) is 3.55. The zero-order chi connectivity index (χ0) is 28.6. The van der Waals surface area contributed by atoms with Crippen LogP contribution in [0.5, 0.6) is 0 Å². The Morgan fingerprint density at radius 1 is 1.05 bits per heavy atom. The van der Waals surface area contributed by atoms with Gasteiger partial charge in [0.1, 0.15) is 23.3 Å². The second kappa shape index (κ2) is 11.6. The summed E-state index contributed by atoms with van der Waals surface area (Å²) >= 11 is 0. The first-order valence-electron chi connectivity index (χ1n) is 14.5. The van der Waals surface area contributed by atoms with Gasteiger partial charge in [-0.3, -0.25) is 14.5 Å². The van der Waals surface area contributed by atoms with Gasteiger partial charge in [0.15, 0.2) is 0 Å². The molecule has 5 rings (SSSR count). The van der Waals surface area contributed by atoms with E-state index in [0.717, 1.165) is 24.5 Å². The van der Waals surface area contributed by atoms with E-state index in [9.17, 15) is 18.4 Å². The monoisotopic (exact) mass is 553 g/mol. The third-order valence-electron chi connectivity index (χ3n) is 8.55. The smallest absolute Gasteiger partial charge is 0.324 e. The number of amides is 1. The van der Waals surface area contributed by atoms with Gasteiger partial charge < -0.3 is 15.0 Å². The molecule has 2 fully saturated rings. The molecule has 2 aromatic carbocycles. The van der Waals surface area contributed by atoms with Crippen molar-refractivity contribution in [1.29, 1.82) is 0 Å². The number of nitrogens with one attached hydrogen (secondary N) is 1. The summed E-state index contributed by atoms with van der Waals surface area (Å²) in [6.45, 7) is 10.1. The minimum absolute atomic E-state index is 0.0293. The number of aryl methyl sites for hydroxylation is 2. The van der Waals surface area contributed by atoms with E-state index in [4.69, 9.17) is 4.74 Å². The van der Waals surface area contributed by atoms with E-state index in [1.54, 1.807) is 0 Å². The van der Waals surface area contributed by atoms with Crippen LogP contribution in [0.15, 0.2) is 36.4 Å². The largest absolute Gasteiger partial charge is 0.459 e. The van der Waals surface area contributed by atoms with Crippen LogP contribution in [0.1, 0.15) is 62.3 Å². The van der Waals surface area contributed by atoms with E-state index in [2.05, 4.69) is 28.4 Å². The normalized spacial score (nSPS) is 24.1. The number of halogens is 2. The lowest BCUT2D eigenvalue weighted by atomic mass is 9.87. The number of esters is 1. The van der Waals surface area contributed by atoms with E-state index < -0.39 is 29.2 Å². The Bertz CT molecular complexity index is 1260. The summed E-state index contributed by atoms with van der Waals surface area (Å²) in [5.41, 5.74) is 3.68. The van der Waals surface area contributed by atoms with Crippen LogP contribution in [-0.2, 0) is 33.6 Å². The molecule has 6 nitrogen and oxygen atoms in total. The minimum atomic E-state index is -0.626. The fraction of sp³-hybridized carbons (Fsp3) is 0.562. The molecule has 0 aromatic heterocycles. The minimum Gasteiger partial charge on any atom is -0.459 e. The number of ether oxygens (including phenoxy) is 1. The highest BCUT2D eigenvalue weighted by atomic mass is 19.1. The number of hydrogen-bond donors (Lipinski definition) is 1. The van der Waals surface area contributed by atoms with Crippen LogP contribution in [0, 0.1) is 17.6 Å². The van der Waals surface area contributed by atoms with Gasteiger partial charge in [0.25, 0.3) is 0 Å². The van der Waals surface area contributed by atoms with E-state index in [1.807, 2.05) is 32.6 Å². The third-order valence-corrected chi connectivity index (χ3v) is 8.55. The molecule has 2 saturated heterocycles. The molecule has 1 amide bonds. The van der Waals surface area contributed by atoms with Gasteiger partial charge in [0.2, 0.25) is 5.91 Å². The maximum atomic E-state index is 14.6. The Labute approximate surface area is 236 Å². The number of fused-ring (bicyclic) bond motifs is 1. The molecule has 0 radical (unpaired) electrons. The first-order valence-corrected chi connectivity index (χ1v) is 14.5. The first-order chi connectivity index (χ1) is 19.0. The number of carbonyl (C=O) groups is 2. The summed E-state index contributed by atoms with van der Waals surface area (Å²) in [6, 6.07) is 9.56. The third kappa shape index (κ3) is 6.23. The van der Waals surface area contributed by atoms with Crippen molar-refractivity contribution in [3.8, 4) is 0 Å². The molecule has 1 aliphatic carbocycles. The van der Waals surface area contributed by atoms with Crippen molar-refractivity contribution in [2.75, 3.05) is 32.7 Å². The van der Waals surface area contributed by atoms with Gasteiger partial charge in [-0.15, -0.1) is 0 Å². The lowest BCUT2D eigenvalue weighted by Gasteiger charge is -2.44. The van der Waals surface area contributed by atoms with Crippen LogP contribution >= 0.6 is 0 Å². The predicted octanol–water partition coefficient (Wildman–Crippen LogP) is 4.24. The first kappa shape index (κ1) is 28.7. The molecule has 2 aliphatic heterocycles. The molecule has 4 atom stereocenters. The van der Waals surface area contributed by atoms with Crippen LogP contribution in [-0.4, -0.2) is 72.1 Å². The number of carbonyl (C=O) groups excluding carboxylic acids is 2. The van der Waals surface area contributed by atoms with Gasteiger partial charge in [0.05, 0.1) is 5.92 Å². The standard InChI is InChI=1S/C32H41F2N3O3/c1-20-19-36(29(31(39)40-32(2,3)4)15-21-8-9-22-6-5-7-23(22)14-21)12-13-37(20)30(38)27-18-35-17-26(27)25-11-10-24(33)16-28(25)34/h8-11,14,16,20,26-27,29,35H,5-7,12-13,15,17-19H2,1-4H3/t20-,26-,27+,29-/m0/s1.